The summed E-state index contributed by atoms with van der Waals surface area (Å²) < 4.78 is 25.0. The van der Waals surface area contributed by atoms with E-state index in [0.29, 0.717) is 11.1 Å². The van der Waals surface area contributed by atoms with Gasteiger partial charge in [0.2, 0.25) is 5.16 Å². The number of carboxylic acid groups (broad SMARTS) is 1. The monoisotopic (exact) mass is 364 g/mol. The van der Waals surface area contributed by atoms with Crippen LogP contribution in [-0.2, 0) is 19.1 Å². The van der Waals surface area contributed by atoms with Gasteiger partial charge in [0.25, 0.3) is 0 Å². The summed E-state index contributed by atoms with van der Waals surface area (Å²) in [7, 11) is -3.35. The van der Waals surface area contributed by atoms with E-state index in [9.17, 15) is 19.0 Å². The number of aliphatic carboxylic acids is 1. The van der Waals surface area contributed by atoms with Gasteiger partial charge in [0.15, 0.2) is 0 Å². The fourth-order valence-corrected chi connectivity index (χ4v) is 4.39. The molecule has 0 bridgehead atoms. The van der Waals surface area contributed by atoms with E-state index in [1.54, 1.807) is 78.9 Å². The standard InChI is InChI=1S/C21H17O4P/c22-20(23)21(26(24)25,18-14-8-3-9-15-18)19(16-10-4-1-5-11-16)17-12-6-2-7-13-17/h1-15,19H,(H,22,23). The van der Waals surface area contributed by atoms with Gasteiger partial charge in [-0.25, -0.2) is 9.13 Å². The lowest BCUT2D eigenvalue weighted by molar-refractivity contribution is -0.141. The lowest BCUT2D eigenvalue weighted by atomic mass is 9.76. The Hall–Kier alpha value is -2.97. The summed E-state index contributed by atoms with van der Waals surface area (Å²) in [6, 6.07) is 25.9. The zero-order chi connectivity index (χ0) is 18.6. The van der Waals surface area contributed by atoms with E-state index >= 15 is 0 Å². The molecule has 1 unspecified atom stereocenters. The van der Waals surface area contributed by atoms with Crippen molar-refractivity contribution >= 4 is 13.6 Å². The highest BCUT2D eigenvalue weighted by molar-refractivity contribution is 7.34. The smallest absolute Gasteiger partial charge is 0.339 e. The largest absolute Gasteiger partial charge is 0.480 e. The summed E-state index contributed by atoms with van der Waals surface area (Å²) >= 11 is 0. The Bertz CT molecular complexity index is 906. The van der Waals surface area contributed by atoms with Crippen LogP contribution in [0, 0.1) is 0 Å². The van der Waals surface area contributed by atoms with Crippen molar-refractivity contribution in [3.8, 4) is 0 Å². The van der Waals surface area contributed by atoms with Crippen molar-refractivity contribution in [1.29, 1.82) is 0 Å². The third-order valence-corrected chi connectivity index (χ3v) is 5.80. The maximum atomic E-state index is 12.5. The molecule has 26 heavy (non-hydrogen) atoms. The number of hydrogen-bond acceptors (Lipinski definition) is 3. The molecule has 0 aliphatic heterocycles. The SMILES string of the molecule is O=C(O)C(c1ccccc1)(C(c1ccccc1)c1ccccc1)P(=O)=O. The molecule has 3 aromatic rings. The Kier molecular flexibility index (Phi) is 5.15. The molecule has 3 aromatic carbocycles. The van der Waals surface area contributed by atoms with Crippen molar-refractivity contribution in [3.63, 3.8) is 0 Å². The minimum Gasteiger partial charge on any atom is -0.480 e. The molecular formula is C21H17O4P. The van der Waals surface area contributed by atoms with Gasteiger partial charge in [-0.1, -0.05) is 91.0 Å². The van der Waals surface area contributed by atoms with Crippen molar-refractivity contribution in [2.75, 3.05) is 0 Å². The summed E-state index contributed by atoms with van der Waals surface area (Å²) in [4.78, 5) is 12.5. The maximum absolute atomic E-state index is 12.5. The number of benzene rings is 3. The zero-order valence-corrected chi connectivity index (χ0v) is 14.8. The molecule has 0 saturated heterocycles. The van der Waals surface area contributed by atoms with Crippen molar-refractivity contribution in [2.24, 2.45) is 0 Å². The molecule has 0 saturated carbocycles. The lowest BCUT2D eigenvalue weighted by Crippen LogP contribution is -2.38. The third-order valence-electron chi connectivity index (χ3n) is 4.51. The number of rotatable bonds is 6. The fourth-order valence-electron chi connectivity index (χ4n) is 3.36. The molecule has 1 N–H and O–H groups in total. The van der Waals surface area contributed by atoms with Gasteiger partial charge in [0.1, 0.15) is 0 Å². The molecule has 0 heterocycles. The molecule has 3 rings (SSSR count). The maximum Gasteiger partial charge on any atom is 0.339 e. The van der Waals surface area contributed by atoms with Gasteiger partial charge in [-0.2, -0.15) is 0 Å². The average molecular weight is 364 g/mol. The van der Waals surface area contributed by atoms with Crippen molar-refractivity contribution in [2.45, 2.75) is 11.1 Å². The van der Waals surface area contributed by atoms with Gasteiger partial charge in [-0.3, -0.25) is 4.79 Å². The van der Waals surface area contributed by atoms with E-state index in [2.05, 4.69) is 0 Å². The van der Waals surface area contributed by atoms with Crippen LogP contribution in [-0.4, -0.2) is 11.1 Å². The molecule has 0 aliphatic rings. The molecule has 0 radical (unpaired) electrons. The summed E-state index contributed by atoms with van der Waals surface area (Å²) in [5, 5.41) is 8.05. The molecule has 130 valence electrons. The van der Waals surface area contributed by atoms with E-state index in [-0.39, 0.29) is 5.56 Å². The van der Waals surface area contributed by atoms with Crippen LogP contribution in [0.15, 0.2) is 91.0 Å². The molecule has 4 nitrogen and oxygen atoms in total. The minimum atomic E-state index is -3.35. The first-order chi connectivity index (χ1) is 12.6. The van der Waals surface area contributed by atoms with E-state index in [1.807, 2.05) is 12.1 Å². The van der Waals surface area contributed by atoms with Gasteiger partial charge in [-0.15, -0.1) is 0 Å². The molecule has 0 fully saturated rings. The normalized spacial score (nSPS) is 13.1. The second-order valence-corrected chi connectivity index (χ2v) is 7.17. The minimum absolute atomic E-state index is 0.237. The zero-order valence-electron chi connectivity index (χ0n) is 13.9. The Balaban J connectivity index is 2.39. The summed E-state index contributed by atoms with van der Waals surface area (Å²) in [5.41, 5.74) is 1.50. The van der Waals surface area contributed by atoms with Gasteiger partial charge >= 0.3 is 13.6 Å². The Morgan fingerprint density at radius 3 is 1.46 bits per heavy atom. The van der Waals surface area contributed by atoms with Gasteiger partial charge in [0, 0.05) is 5.92 Å². The van der Waals surface area contributed by atoms with E-state index in [1.165, 1.54) is 0 Å². The van der Waals surface area contributed by atoms with Crippen LogP contribution in [0.25, 0.3) is 0 Å². The highest BCUT2D eigenvalue weighted by Gasteiger charge is 2.54. The Morgan fingerprint density at radius 2 is 1.12 bits per heavy atom. The highest BCUT2D eigenvalue weighted by Crippen LogP contribution is 2.53. The van der Waals surface area contributed by atoms with Crippen molar-refractivity contribution in [1.82, 2.24) is 0 Å². The van der Waals surface area contributed by atoms with Crippen LogP contribution in [0.3, 0.4) is 0 Å². The van der Waals surface area contributed by atoms with Crippen LogP contribution in [0.2, 0.25) is 0 Å². The van der Waals surface area contributed by atoms with Crippen LogP contribution in [0.1, 0.15) is 22.6 Å². The predicted octanol–water partition coefficient (Wildman–Crippen LogP) is 4.97. The fraction of sp³-hybridized carbons (Fsp3) is 0.0952. The highest BCUT2D eigenvalue weighted by atomic mass is 31.1. The summed E-state index contributed by atoms with van der Waals surface area (Å²) in [5.74, 6) is -2.27. The van der Waals surface area contributed by atoms with E-state index in [4.69, 9.17) is 0 Å². The molecule has 1 atom stereocenters. The topological polar surface area (TPSA) is 71.4 Å². The second kappa shape index (κ2) is 7.51. The van der Waals surface area contributed by atoms with Gasteiger partial charge in [-0.05, 0) is 16.7 Å². The number of carbonyl (C=O) groups is 1. The van der Waals surface area contributed by atoms with Gasteiger partial charge < -0.3 is 5.11 Å². The Morgan fingerprint density at radius 1 is 0.731 bits per heavy atom. The molecule has 0 spiro atoms. The van der Waals surface area contributed by atoms with Crippen LogP contribution in [0.4, 0.5) is 0 Å². The first-order valence-electron chi connectivity index (χ1n) is 8.11. The van der Waals surface area contributed by atoms with E-state index in [0.717, 1.165) is 0 Å². The van der Waals surface area contributed by atoms with Crippen molar-refractivity contribution in [3.05, 3.63) is 108 Å². The third kappa shape index (κ3) is 3.00. The average Bonchev–Trinajstić information content (AvgIpc) is 2.67. The number of carboxylic acids is 1. The predicted molar refractivity (Wildman–Crippen MR) is 98.8 cm³/mol. The van der Waals surface area contributed by atoms with E-state index < -0.39 is 24.7 Å². The van der Waals surface area contributed by atoms with Gasteiger partial charge in [0.05, 0.1) is 0 Å². The van der Waals surface area contributed by atoms with Crippen LogP contribution in [0.5, 0.6) is 0 Å². The molecule has 0 aromatic heterocycles. The lowest BCUT2D eigenvalue weighted by Gasteiger charge is -2.32. The first kappa shape index (κ1) is 17.8. The Labute approximate surface area is 152 Å². The summed E-state index contributed by atoms with van der Waals surface area (Å²) in [6.07, 6.45) is 0. The molecule has 5 heteroatoms. The van der Waals surface area contributed by atoms with Crippen molar-refractivity contribution < 1.29 is 19.0 Å². The second-order valence-electron chi connectivity index (χ2n) is 5.95. The van der Waals surface area contributed by atoms with Crippen LogP contribution < -0.4 is 0 Å². The quantitative estimate of drug-likeness (QED) is 0.627. The molecule has 0 aliphatic carbocycles. The molecular weight excluding hydrogens is 347 g/mol. The summed E-state index contributed by atoms with van der Waals surface area (Å²) in [6.45, 7) is 0. The number of hydrogen-bond donors (Lipinski definition) is 1. The van der Waals surface area contributed by atoms with Crippen LogP contribution >= 0.6 is 7.68 Å². The molecule has 0 amide bonds. The first-order valence-corrected chi connectivity index (χ1v) is 9.29.